The number of halogens is 1. The second-order valence-electron chi connectivity index (χ2n) is 5.83. The Bertz CT molecular complexity index is 856. The van der Waals surface area contributed by atoms with Gasteiger partial charge in [-0.15, -0.1) is 16.4 Å². The van der Waals surface area contributed by atoms with Crippen molar-refractivity contribution in [3.8, 4) is 0 Å². The van der Waals surface area contributed by atoms with Gasteiger partial charge in [0.15, 0.2) is 0 Å². The van der Waals surface area contributed by atoms with Crippen LogP contribution in [0.25, 0.3) is 0 Å². The summed E-state index contributed by atoms with van der Waals surface area (Å²) in [6, 6.07) is 3.31. The first-order valence-corrected chi connectivity index (χ1v) is 11.6. The number of hydrogen-bond acceptors (Lipinski definition) is 7. The lowest BCUT2D eigenvalue weighted by Crippen LogP contribution is -2.41. The van der Waals surface area contributed by atoms with Crippen molar-refractivity contribution in [2.75, 3.05) is 19.6 Å². The van der Waals surface area contributed by atoms with Crippen LogP contribution in [0.4, 0.5) is 0 Å². The predicted octanol–water partition coefficient (Wildman–Crippen LogP) is 2.50. The highest BCUT2D eigenvalue weighted by Gasteiger charge is 2.27. The number of aryl methyl sites for hydroxylation is 1. The molecule has 0 saturated carbocycles. The lowest BCUT2D eigenvalue weighted by Gasteiger charge is -2.31. The third-order valence-corrected chi connectivity index (χ3v) is 8.48. The molecule has 1 N–H and O–H groups in total. The molecular formula is C14H17BrN4O3S3. The predicted molar refractivity (Wildman–Crippen MR) is 100 cm³/mol. The largest absolute Gasteiger partial charge is 0.338 e. The molecule has 1 aliphatic rings. The van der Waals surface area contributed by atoms with Gasteiger partial charge in [0.1, 0.15) is 9.09 Å². The van der Waals surface area contributed by atoms with E-state index in [4.69, 9.17) is 0 Å². The Balaban J connectivity index is 1.51. The molecule has 0 spiro atoms. The van der Waals surface area contributed by atoms with Crippen molar-refractivity contribution in [3.63, 3.8) is 0 Å². The minimum Gasteiger partial charge on any atom is -0.338 e. The summed E-state index contributed by atoms with van der Waals surface area (Å²) < 4.78 is 32.1. The first kappa shape index (κ1) is 18.9. The van der Waals surface area contributed by atoms with E-state index in [1.165, 1.54) is 11.3 Å². The van der Waals surface area contributed by atoms with Gasteiger partial charge in [-0.25, -0.2) is 13.1 Å². The van der Waals surface area contributed by atoms with Crippen LogP contribution in [0.2, 0.25) is 0 Å². The number of thiophene rings is 1. The average Bonchev–Trinajstić information content (AvgIpc) is 3.22. The number of amides is 1. The van der Waals surface area contributed by atoms with Crippen LogP contribution in [0, 0.1) is 12.8 Å². The summed E-state index contributed by atoms with van der Waals surface area (Å²) in [6.45, 7) is 3.41. The molecule has 3 rings (SSSR count). The number of carbonyl (C=O) groups is 1. The second-order valence-corrected chi connectivity index (χ2v) is 11.0. The van der Waals surface area contributed by atoms with E-state index in [1.807, 2.05) is 0 Å². The van der Waals surface area contributed by atoms with Crippen molar-refractivity contribution in [1.82, 2.24) is 19.2 Å². The molecule has 0 aliphatic carbocycles. The van der Waals surface area contributed by atoms with Crippen molar-refractivity contribution >= 4 is 54.7 Å². The number of likely N-dealkylation sites (tertiary alicyclic amines) is 1. The number of sulfonamides is 1. The quantitative estimate of drug-likeness (QED) is 0.733. The third-order valence-electron chi connectivity index (χ3n) is 4.12. The third kappa shape index (κ3) is 4.45. The number of nitrogens with one attached hydrogen (secondary N) is 1. The van der Waals surface area contributed by atoms with E-state index in [-0.39, 0.29) is 11.8 Å². The van der Waals surface area contributed by atoms with Crippen LogP contribution in [0.5, 0.6) is 0 Å². The zero-order valence-corrected chi connectivity index (χ0v) is 17.5. The molecule has 2 aromatic rings. The molecule has 0 radical (unpaired) electrons. The summed E-state index contributed by atoms with van der Waals surface area (Å²) in [5.74, 6) is 0.192. The van der Waals surface area contributed by atoms with E-state index in [0.29, 0.717) is 34.4 Å². The highest BCUT2D eigenvalue weighted by atomic mass is 79.9. The van der Waals surface area contributed by atoms with Gasteiger partial charge in [-0.1, -0.05) is 4.49 Å². The lowest BCUT2D eigenvalue weighted by atomic mass is 9.97. The van der Waals surface area contributed by atoms with Crippen molar-refractivity contribution in [1.29, 1.82) is 0 Å². The number of rotatable bonds is 5. The van der Waals surface area contributed by atoms with E-state index in [2.05, 4.69) is 30.2 Å². The Morgan fingerprint density at radius 1 is 1.40 bits per heavy atom. The van der Waals surface area contributed by atoms with Gasteiger partial charge in [-0.3, -0.25) is 4.79 Å². The van der Waals surface area contributed by atoms with Gasteiger partial charge in [0.05, 0.1) is 9.48 Å². The molecule has 2 aromatic heterocycles. The fourth-order valence-electron chi connectivity index (χ4n) is 2.65. The van der Waals surface area contributed by atoms with E-state index in [0.717, 1.165) is 28.2 Å². The first-order chi connectivity index (χ1) is 11.9. The molecule has 1 fully saturated rings. The maximum atomic E-state index is 12.4. The highest BCUT2D eigenvalue weighted by molar-refractivity contribution is 9.11. The molecule has 1 saturated heterocycles. The molecule has 0 bridgehead atoms. The van der Waals surface area contributed by atoms with Gasteiger partial charge in [0, 0.05) is 19.6 Å². The number of hydrogen-bond donors (Lipinski definition) is 1. The summed E-state index contributed by atoms with van der Waals surface area (Å²) in [4.78, 5) is 14.8. The van der Waals surface area contributed by atoms with Crippen molar-refractivity contribution in [2.45, 2.75) is 24.0 Å². The summed E-state index contributed by atoms with van der Waals surface area (Å²) in [5, 5.41) is 3.88. The minimum absolute atomic E-state index is 0.0324. The van der Waals surface area contributed by atoms with Crippen molar-refractivity contribution in [3.05, 3.63) is 26.5 Å². The Labute approximate surface area is 162 Å². The normalized spacial score (nSPS) is 16.3. The van der Waals surface area contributed by atoms with Crippen LogP contribution in [0.3, 0.4) is 0 Å². The molecule has 25 heavy (non-hydrogen) atoms. The molecule has 7 nitrogen and oxygen atoms in total. The minimum atomic E-state index is -3.47. The van der Waals surface area contributed by atoms with Gasteiger partial charge in [0.25, 0.3) is 5.91 Å². The molecule has 1 amide bonds. The number of piperidine rings is 1. The molecule has 11 heteroatoms. The molecule has 0 aromatic carbocycles. The molecule has 0 unspecified atom stereocenters. The monoisotopic (exact) mass is 464 g/mol. The summed E-state index contributed by atoms with van der Waals surface area (Å²) >= 11 is 5.58. The maximum absolute atomic E-state index is 12.4. The zero-order valence-electron chi connectivity index (χ0n) is 13.4. The Kier molecular flexibility index (Phi) is 5.88. The number of carbonyl (C=O) groups excluding carboxylic acids is 1. The highest BCUT2D eigenvalue weighted by Crippen LogP contribution is 2.26. The van der Waals surface area contributed by atoms with Crippen LogP contribution >= 0.6 is 38.8 Å². The Morgan fingerprint density at radius 3 is 2.68 bits per heavy atom. The summed E-state index contributed by atoms with van der Waals surface area (Å²) in [6.07, 6.45) is 1.54. The van der Waals surface area contributed by atoms with E-state index in [9.17, 15) is 13.2 Å². The molecule has 136 valence electrons. The van der Waals surface area contributed by atoms with Crippen LogP contribution in [0.15, 0.2) is 20.1 Å². The van der Waals surface area contributed by atoms with E-state index >= 15 is 0 Å². The van der Waals surface area contributed by atoms with Crippen molar-refractivity contribution in [2.24, 2.45) is 5.92 Å². The van der Waals surface area contributed by atoms with Crippen LogP contribution in [-0.2, 0) is 10.0 Å². The van der Waals surface area contributed by atoms with Gasteiger partial charge >= 0.3 is 0 Å². The molecular weight excluding hydrogens is 448 g/mol. The topological polar surface area (TPSA) is 92.3 Å². The molecule has 0 atom stereocenters. The van der Waals surface area contributed by atoms with Gasteiger partial charge < -0.3 is 4.90 Å². The molecule has 3 heterocycles. The van der Waals surface area contributed by atoms with Crippen LogP contribution < -0.4 is 4.72 Å². The maximum Gasteiger partial charge on any atom is 0.267 e. The fourth-order valence-corrected chi connectivity index (χ4v) is 6.45. The van der Waals surface area contributed by atoms with Crippen LogP contribution in [0.1, 0.15) is 28.2 Å². The first-order valence-electron chi connectivity index (χ1n) is 7.70. The summed E-state index contributed by atoms with van der Waals surface area (Å²) in [5.41, 5.74) is 0.659. The van der Waals surface area contributed by atoms with Crippen molar-refractivity contribution < 1.29 is 13.2 Å². The second kappa shape index (κ2) is 7.78. The number of aromatic nitrogens is 2. The average molecular weight is 465 g/mol. The number of nitrogens with zero attached hydrogens (tertiary/aromatic N) is 3. The van der Waals surface area contributed by atoms with Crippen LogP contribution in [-0.4, -0.2) is 48.4 Å². The lowest BCUT2D eigenvalue weighted by molar-refractivity contribution is 0.0696. The van der Waals surface area contributed by atoms with Gasteiger partial charge in [-0.05, 0) is 65.3 Å². The SMILES string of the molecule is Cc1nnsc1C(=O)N1CCC(CNS(=O)(=O)c2ccc(Br)s2)CC1. The summed E-state index contributed by atoms with van der Waals surface area (Å²) in [7, 11) is -3.47. The standard InChI is InChI=1S/C14H17BrN4O3S3/c1-9-13(24-18-17-9)14(20)19-6-4-10(5-7-19)8-16-25(21,22)12-3-2-11(15)23-12/h2-3,10,16H,4-8H2,1H3. The van der Waals surface area contributed by atoms with E-state index < -0.39 is 10.0 Å². The smallest absolute Gasteiger partial charge is 0.267 e. The molecule has 1 aliphatic heterocycles. The Hall–Kier alpha value is -0.880. The zero-order chi connectivity index (χ0) is 18.0. The van der Waals surface area contributed by atoms with Gasteiger partial charge in [0.2, 0.25) is 10.0 Å². The van der Waals surface area contributed by atoms with Gasteiger partial charge in [-0.2, -0.15) is 0 Å². The van der Waals surface area contributed by atoms with E-state index in [1.54, 1.807) is 24.0 Å². The Morgan fingerprint density at radius 2 is 2.12 bits per heavy atom. The fraction of sp³-hybridized carbons (Fsp3) is 0.500.